The van der Waals surface area contributed by atoms with Crippen molar-refractivity contribution in [3.63, 3.8) is 0 Å². The van der Waals surface area contributed by atoms with E-state index in [1.807, 2.05) is 47.8 Å². The van der Waals surface area contributed by atoms with Gasteiger partial charge in [-0.25, -0.2) is 14.6 Å². The summed E-state index contributed by atoms with van der Waals surface area (Å²) in [5.41, 5.74) is 2.75. The van der Waals surface area contributed by atoms with Gasteiger partial charge in [0.25, 0.3) is 0 Å². The van der Waals surface area contributed by atoms with Crippen LogP contribution in [0.3, 0.4) is 0 Å². The number of hydrogen-bond donors (Lipinski definition) is 1. The Labute approximate surface area is 210 Å². The minimum atomic E-state index is -0.557. The highest BCUT2D eigenvalue weighted by molar-refractivity contribution is 7.18. The summed E-state index contributed by atoms with van der Waals surface area (Å²) in [7, 11) is 1.28. The first kappa shape index (κ1) is 24.1. The Bertz CT molecular complexity index is 1490. The van der Waals surface area contributed by atoms with Crippen molar-refractivity contribution in [2.75, 3.05) is 19.0 Å². The summed E-state index contributed by atoms with van der Waals surface area (Å²) in [6.45, 7) is 3.56. The molecule has 2 aromatic heterocycles. The van der Waals surface area contributed by atoms with E-state index in [2.05, 4.69) is 11.4 Å². The van der Waals surface area contributed by atoms with E-state index in [9.17, 15) is 14.9 Å². The number of esters is 2. The first-order valence-electron chi connectivity index (χ1n) is 10.7. The van der Waals surface area contributed by atoms with Crippen molar-refractivity contribution >= 4 is 56.0 Å². The minimum absolute atomic E-state index is 0.191. The summed E-state index contributed by atoms with van der Waals surface area (Å²) in [4.78, 5) is 29.7. The summed E-state index contributed by atoms with van der Waals surface area (Å²) in [6, 6.07) is 16.3. The molecule has 0 amide bonds. The van der Waals surface area contributed by atoms with Crippen LogP contribution in [0.4, 0.5) is 5.00 Å². The summed E-state index contributed by atoms with van der Waals surface area (Å²) in [5, 5.41) is 17.8. The highest BCUT2D eigenvalue weighted by Gasteiger charge is 2.26. The lowest BCUT2D eigenvalue weighted by atomic mass is 10.0. The van der Waals surface area contributed by atoms with E-state index in [-0.39, 0.29) is 17.0 Å². The Morgan fingerprint density at radius 1 is 1.17 bits per heavy atom. The van der Waals surface area contributed by atoms with Crippen molar-refractivity contribution in [1.82, 2.24) is 4.98 Å². The number of fused-ring (bicyclic) bond motifs is 1. The second-order valence-corrected chi connectivity index (χ2v) is 9.23. The SMILES string of the molecule is CCOC(=O)c1c(N/C=C(\C#N)c2nc(-c3cccc4ccccc34)cs2)sc(C(=O)OC)c1C. The van der Waals surface area contributed by atoms with Gasteiger partial charge in [0.05, 0.1) is 25.0 Å². The van der Waals surface area contributed by atoms with Crippen LogP contribution in [-0.2, 0) is 9.47 Å². The van der Waals surface area contributed by atoms with Gasteiger partial charge < -0.3 is 14.8 Å². The number of ether oxygens (including phenoxy) is 2. The van der Waals surface area contributed by atoms with E-state index in [1.165, 1.54) is 24.6 Å². The number of rotatable bonds is 7. The van der Waals surface area contributed by atoms with Crippen LogP contribution in [0.2, 0.25) is 0 Å². The molecule has 0 radical (unpaired) electrons. The molecule has 9 heteroatoms. The number of nitriles is 1. The molecule has 2 aromatic carbocycles. The number of carbonyl (C=O) groups excluding carboxylic acids is 2. The zero-order valence-electron chi connectivity index (χ0n) is 19.2. The number of aromatic nitrogens is 1. The number of benzene rings is 2. The third kappa shape index (κ3) is 4.80. The van der Waals surface area contributed by atoms with Crippen LogP contribution in [0.25, 0.3) is 27.6 Å². The molecule has 0 aliphatic rings. The van der Waals surface area contributed by atoms with E-state index >= 15 is 0 Å². The summed E-state index contributed by atoms with van der Waals surface area (Å²) in [5.74, 6) is -1.10. The molecule has 0 spiro atoms. The molecule has 0 aliphatic carbocycles. The number of nitrogens with zero attached hydrogens (tertiary/aromatic N) is 2. The molecule has 0 atom stereocenters. The van der Waals surface area contributed by atoms with Gasteiger partial charge in [-0.3, -0.25) is 0 Å². The number of thiazole rings is 1. The minimum Gasteiger partial charge on any atom is -0.465 e. The van der Waals surface area contributed by atoms with Gasteiger partial charge in [-0.05, 0) is 30.2 Å². The summed E-state index contributed by atoms with van der Waals surface area (Å²) >= 11 is 2.42. The van der Waals surface area contributed by atoms with Gasteiger partial charge in [0.15, 0.2) is 0 Å². The Morgan fingerprint density at radius 2 is 1.94 bits per heavy atom. The molecule has 1 N–H and O–H groups in total. The first-order chi connectivity index (χ1) is 17.0. The van der Waals surface area contributed by atoms with Crippen LogP contribution in [0.1, 0.15) is 37.5 Å². The van der Waals surface area contributed by atoms with Crippen LogP contribution in [-0.4, -0.2) is 30.6 Å². The van der Waals surface area contributed by atoms with Crippen molar-refractivity contribution in [3.8, 4) is 17.3 Å². The third-order valence-corrected chi connectivity index (χ3v) is 7.34. The second kappa shape index (κ2) is 10.5. The lowest BCUT2D eigenvalue weighted by Crippen LogP contribution is -2.08. The number of carbonyl (C=O) groups is 2. The molecule has 0 saturated carbocycles. The molecule has 4 aromatic rings. The van der Waals surface area contributed by atoms with Crippen LogP contribution in [0, 0.1) is 18.3 Å². The average Bonchev–Trinajstić information content (AvgIpc) is 3.49. The zero-order valence-corrected chi connectivity index (χ0v) is 20.9. The number of hydrogen-bond acceptors (Lipinski definition) is 9. The molecule has 0 bridgehead atoms. The molecule has 176 valence electrons. The lowest BCUT2D eigenvalue weighted by molar-refractivity contribution is 0.0527. The largest absolute Gasteiger partial charge is 0.465 e. The van der Waals surface area contributed by atoms with Crippen LogP contribution >= 0.6 is 22.7 Å². The van der Waals surface area contributed by atoms with E-state index < -0.39 is 11.9 Å². The fourth-order valence-corrected chi connectivity index (χ4v) is 5.47. The van der Waals surface area contributed by atoms with Gasteiger partial charge in [-0.1, -0.05) is 42.5 Å². The van der Waals surface area contributed by atoms with Crippen molar-refractivity contribution < 1.29 is 19.1 Å². The fourth-order valence-electron chi connectivity index (χ4n) is 3.60. The molecular weight excluding hydrogens is 482 g/mol. The topological polar surface area (TPSA) is 101 Å². The van der Waals surface area contributed by atoms with Crippen LogP contribution in [0.5, 0.6) is 0 Å². The van der Waals surface area contributed by atoms with E-state index in [0.717, 1.165) is 33.4 Å². The first-order valence-corrected chi connectivity index (χ1v) is 12.4. The lowest BCUT2D eigenvalue weighted by Gasteiger charge is -2.05. The van der Waals surface area contributed by atoms with E-state index in [4.69, 9.17) is 14.5 Å². The second-order valence-electron chi connectivity index (χ2n) is 7.35. The zero-order chi connectivity index (χ0) is 24.9. The Morgan fingerprint density at radius 3 is 2.69 bits per heavy atom. The van der Waals surface area contributed by atoms with Gasteiger partial charge >= 0.3 is 11.9 Å². The number of anilines is 1. The number of nitrogens with one attached hydrogen (secondary N) is 1. The molecule has 0 aliphatic heterocycles. The maximum atomic E-state index is 12.6. The van der Waals surface area contributed by atoms with Gasteiger partial charge in [0, 0.05) is 17.1 Å². The normalized spacial score (nSPS) is 11.2. The summed E-state index contributed by atoms with van der Waals surface area (Å²) in [6.07, 6.45) is 1.49. The molecule has 35 heavy (non-hydrogen) atoms. The van der Waals surface area contributed by atoms with Gasteiger partial charge in [0.2, 0.25) is 0 Å². The fraction of sp³-hybridized carbons (Fsp3) is 0.154. The van der Waals surface area contributed by atoms with E-state index in [1.54, 1.807) is 13.8 Å². The van der Waals surface area contributed by atoms with Gasteiger partial charge in [-0.15, -0.1) is 22.7 Å². The van der Waals surface area contributed by atoms with Crippen molar-refractivity contribution in [2.45, 2.75) is 13.8 Å². The third-order valence-electron chi connectivity index (χ3n) is 5.27. The Hall–Kier alpha value is -4.00. The number of methoxy groups -OCH3 is 1. The summed E-state index contributed by atoms with van der Waals surface area (Å²) < 4.78 is 9.99. The molecule has 7 nitrogen and oxygen atoms in total. The monoisotopic (exact) mass is 503 g/mol. The Kier molecular flexibility index (Phi) is 7.25. The molecular formula is C26H21N3O4S2. The van der Waals surface area contributed by atoms with Crippen molar-refractivity contribution in [3.05, 3.63) is 75.1 Å². The van der Waals surface area contributed by atoms with Crippen molar-refractivity contribution in [1.29, 1.82) is 5.26 Å². The smallest absolute Gasteiger partial charge is 0.348 e. The van der Waals surface area contributed by atoms with Gasteiger partial charge in [0.1, 0.15) is 26.5 Å². The van der Waals surface area contributed by atoms with Crippen LogP contribution < -0.4 is 5.32 Å². The average molecular weight is 504 g/mol. The van der Waals surface area contributed by atoms with Crippen LogP contribution in [0.15, 0.2) is 54.0 Å². The molecule has 0 fully saturated rings. The molecule has 2 heterocycles. The maximum Gasteiger partial charge on any atom is 0.348 e. The number of thiophene rings is 1. The molecule has 0 saturated heterocycles. The molecule has 0 unspecified atom stereocenters. The predicted octanol–water partition coefficient (Wildman–Crippen LogP) is 6.27. The highest BCUT2D eigenvalue weighted by atomic mass is 32.1. The standard InChI is InChI=1S/C26H21N3O4S2/c1-4-33-25(30)21-15(2)22(26(31)32-3)35-24(21)28-13-17(12-27)23-29-20(14-34-23)19-11-7-9-16-8-5-6-10-18(16)19/h5-11,13-14,28H,4H2,1-3H3/b17-13+. The quantitative estimate of drug-likeness (QED) is 0.234. The maximum absolute atomic E-state index is 12.6. The Balaban J connectivity index is 1.68. The van der Waals surface area contributed by atoms with Gasteiger partial charge in [-0.2, -0.15) is 5.26 Å². The highest BCUT2D eigenvalue weighted by Crippen LogP contribution is 2.35. The predicted molar refractivity (Wildman–Crippen MR) is 139 cm³/mol. The number of allylic oxidation sites excluding steroid dienone is 1. The van der Waals surface area contributed by atoms with Crippen molar-refractivity contribution in [2.24, 2.45) is 0 Å². The molecule has 4 rings (SSSR count). The van der Waals surface area contributed by atoms with E-state index in [0.29, 0.717) is 21.1 Å².